The number of amides is 1. The van der Waals surface area contributed by atoms with E-state index in [1.54, 1.807) is 12.1 Å². The molecule has 10 heteroatoms. The molecule has 4 aromatic rings. The summed E-state index contributed by atoms with van der Waals surface area (Å²) in [5, 5.41) is 8.25. The van der Waals surface area contributed by atoms with E-state index in [2.05, 4.69) is 15.4 Å². The molecule has 0 fully saturated rings. The van der Waals surface area contributed by atoms with Crippen molar-refractivity contribution in [2.45, 2.75) is 23.9 Å². The number of nitrogens with zero attached hydrogens (tertiary/aromatic N) is 4. The maximum absolute atomic E-state index is 13.0. The second-order valence-corrected chi connectivity index (χ2v) is 8.09. The summed E-state index contributed by atoms with van der Waals surface area (Å²) in [5.74, 6) is -0.0916. The minimum absolute atomic E-state index is 0.227. The van der Waals surface area contributed by atoms with E-state index >= 15 is 0 Å². The molecule has 7 nitrogen and oxygen atoms in total. The first-order valence-corrected chi connectivity index (χ1v) is 10.7. The Kier molecular flexibility index (Phi) is 6.34. The van der Waals surface area contributed by atoms with Crippen molar-refractivity contribution in [2.75, 3.05) is 0 Å². The van der Waals surface area contributed by atoms with Gasteiger partial charge in [-0.2, -0.15) is 0 Å². The highest BCUT2D eigenvalue weighted by Gasteiger charge is 2.14. The van der Waals surface area contributed by atoms with Gasteiger partial charge in [0.2, 0.25) is 5.91 Å². The van der Waals surface area contributed by atoms with E-state index in [0.717, 1.165) is 15.8 Å². The zero-order chi connectivity index (χ0) is 21.8. The molecule has 0 saturated heterocycles. The van der Waals surface area contributed by atoms with Crippen LogP contribution in [0.3, 0.4) is 0 Å². The summed E-state index contributed by atoms with van der Waals surface area (Å²) < 4.78 is 15.4. The van der Waals surface area contributed by atoms with E-state index in [4.69, 9.17) is 11.6 Å². The fourth-order valence-electron chi connectivity index (χ4n) is 2.86. The quantitative estimate of drug-likeness (QED) is 0.431. The van der Waals surface area contributed by atoms with Gasteiger partial charge in [-0.05, 0) is 35.4 Å². The average Bonchev–Trinajstić information content (AvgIpc) is 3.09. The van der Waals surface area contributed by atoms with Gasteiger partial charge >= 0.3 is 5.69 Å². The number of halogens is 2. The van der Waals surface area contributed by atoms with Crippen molar-refractivity contribution in [3.05, 3.63) is 93.4 Å². The maximum atomic E-state index is 13.0. The molecular weight excluding hydrogens is 441 g/mol. The molecule has 0 radical (unpaired) electrons. The van der Waals surface area contributed by atoms with Crippen LogP contribution in [0.2, 0.25) is 5.02 Å². The largest absolute Gasteiger partial charge is 0.350 e. The second kappa shape index (κ2) is 9.32. The Morgan fingerprint density at radius 3 is 2.55 bits per heavy atom. The van der Waals surface area contributed by atoms with Gasteiger partial charge in [0.25, 0.3) is 0 Å². The lowest BCUT2D eigenvalue weighted by Crippen LogP contribution is -2.32. The third-order valence-electron chi connectivity index (χ3n) is 4.45. The van der Waals surface area contributed by atoms with Gasteiger partial charge in [-0.25, -0.2) is 23.3 Å². The highest BCUT2D eigenvalue weighted by molar-refractivity contribution is 7.98. The normalized spacial score (nSPS) is 11.0. The summed E-state index contributed by atoms with van der Waals surface area (Å²) in [6.45, 7) is -0.00597. The fraction of sp³-hybridized carbons (Fsp3) is 0.143. The van der Waals surface area contributed by atoms with E-state index in [1.165, 1.54) is 40.7 Å². The van der Waals surface area contributed by atoms with Crippen molar-refractivity contribution in [3.63, 3.8) is 0 Å². The van der Waals surface area contributed by atoms with Crippen molar-refractivity contribution >= 4 is 34.9 Å². The summed E-state index contributed by atoms with van der Waals surface area (Å²) in [4.78, 5) is 29.2. The number of nitrogens with one attached hydrogen (secondary N) is 1. The molecule has 31 heavy (non-hydrogen) atoms. The number of rotatable bonds is 7. The fourth-order valence-corrected chi connectivity index (χ4v) is 3.88. The summed E-state index contributed by atoms with van der Waals surface area (Å²) in [6, 6.07) is 13.3. The van der Waals surface area contributed by atoms with Crippen molar-refractivity contribution in [2.24, 2.45) is 0 Å². The van der Waals surface area contributed by atoms with Crippen LogP contribution in [-0.2, 0) is 23.6 Å². The van der Waals surface area contributed by atoms with Crippen LogP contribution >= 0.6 is 23.4 Å². The van der Waals surface area contributed by atoms with E-state index in [0.29, 0.717) is 21.4 Å². The van der Waals surface area contributed by atoms with Gasteiger partial charge in [-0.15, -0.1) is 5.10 Å². The third kappa shape index (κ3) is 5.12. The van der Waals surface area contributed by atoms with Crippen LogP contribution in [0.15, 0.2) is 70.7 Å². The summed E-state index contributed by atoms with van der Waals surface area (Å²) in [5.41, 5.74) is 1.77. The van der Waals surface area contributed by atoms with Gasteiger partial charge in [0.05, 0.1) is 0 Å². The summed E-state index contributed by atoms with van der Waals surface area (Å²) >= 11 is 7.35. The molecule has 2 aromatic heterocycles. The van der Waals surface area contributed by atoms with Crippen molar-refractivity contribution in [1.82, 2.24) is 24.5 Å². The van der Waals surface area contributed by atoms with E-state index in [-0.39, 0.29) is 24.8 Å². The lowest BCUT2D eigenvalue weighted by Gasteiger charge is -2.04. The second-order valence-electron chi connectivity index (χ2n) is 6.68. The minimum Gasteiger partial charge on any atom is -0.350 e. The van der Waals surface area contributed by atoms with Crippen LogP contribution < -0.4 is 11.0 Å². The topological polar surface area (TPSA) is 81.3 Å². The average molecular weight is 458 g/mol. The summed E-state index contributed by atoms with van der Waals surface area (Å²) in [7, 11) is 0. The van der Waals surface area contributed by atoms with Crippen molar-refractivity contribution < 1.29 is 9.18 Å². The molecule has 0 atom stereocenters. The van der Waals surface area contributed by atoms with Crippen LogP contribution in [-0.4, -0.2) is 25.1 Å². The molecule has 0 aliphatic carbocycles. The Balaban J connectivity index is 1.46. The first-order chi connectivity index (χ1) is 15.0. The zero-order valence-corrected chi connectivity index (χ0v) is 17.7. The lowest BCUT2D eigenvalue weighted by molar-refractivity contribution is -0.122. The molecule has 0 aliphatic rings. The lowest BCUT2D eigenvalue weighted by atomic mass is 10.2. The molecule has 0 bridgehead atoms. The summed E-state index contributed by atoms with van der Waals surface area (Å²) in [6.07, 6.45) is 3.04. The predicted octanol–water partition coefficient (Wildman–Crippen LogP) is 3.29. The zero-order valence-electron chi connectivity index (χ0n) is 16.2. The smallest absolute Gasteiger partial charge is 0.350 e. The van der Waals surface area contributed by atoms with Crippen molar-refractivity contribution in [3.8, 4) is 0 Å². The molecule has 1 N–H and O–H groups in total. The van der Waals surface area contributed by atoms with Crippen LogP contribution in [0.25, 0.3) is 5.65 Å². The molecule has 0 saturated carbocycles. The number of aromatic nitrogens is 4. The number of carbonyl (C=O) groups excluding carboxylic acids is 1. The number of carbonyl (C=O) groups is 1. The SMILES string of the molecule is O=C(Cn1nc2c(SCc3ccc(Cl)cc3)nccn2c1=O)NCc1ccc(F)cc1. The number of thioether (sulfide) groups is 1. The Labute approximate surface area is 185 Å². The van der Waals surface area contributed by atoms with Crippen LogP contribution in [0.5, 0.6) is 0 Å². The van der Waals surface area contributed by atoms with Gasteiger partial charge in [0.1, 0.15) is 17.4 Å². The van der Waals surface area contributed by atoms with Crippen LogP contribution in [0, 0.1) is 5.82 Å². The maximum Gasteiger partial charge on any atom is 0.350 e. The third-order valence-corrected chi connectivity index (χ3v) is 5.75. The molecule has 2 heterocycles. The highest BCUT2D eigenvalue weighted by Crippen LogP contribution is 2.24. The molecular formula is C21H17ClFN5O2S. The Morgan fingerprint density at radius 2 is 1.81 bits per heavy atom. The molecule has 0 aliphatic heterocycles. The minimum atomic E-state index is -0.428. The molecule has 0 spiro atoms. The first kappa shape index (κ1) is 21.1. The van der Waals surface area contributed by atoms with Crippen LogP contribution in [0.4, 0.5) is 4.39 Å². The molecule has 1 amide bonds. The van der Waals surface area contributed by atoms with E-state index in [9.17, 15) is 14.0 Å². The monoisotopic (exact) mass is 457 g/mol. The van der Waals surface area contributed by atoms with Gasteiger partial charge < -0.3 is 5.32 Å². The molecule has 2 aromatic carbocycles. The Morgan fingerprint density at radius 1 is 1.10 bits per heavy atom. The number of benzene rings is 2. The molecule has 158 valence electrons. The predicted molar refractivity (Wildman–Crippen MR) is 117 cm³/mol. The number of hydrogen-bond donors (Lipinski definition) is 1. The number of fused-ring (bicyclic) bond motifs is 1. The van der Waals surface area contributed by atoms with E-state index < -0.39 is 5.69 Å². The molecule has 0 unspecified atom stereocenters. The van der Waals surface area contributed by atoms with Gasteiger partial charge in [0.15, 0.2) is 5.65 Å². The Bertz CT molecular complexity index is 1270. The van der Waals surface area contributed by atoms with Gasteiger partial charge in [0, 0.05) is 29.7 Å². The van der Waals surface area contributed by atoms with Gasteiger partial charge in [-0.1, -0.05) is 47.6 Å². The number of hydrogen-bond acceptors (Lipinski definition) is 5. The standard InChI is InChI=1S/C21H17ClFN5O2S/c22-16-5-1-15(2-6-16)13-31-20-19-26-28(21(30)27(19)10-9-24-20)12-18(29)25-11-14-3-7-17(23)8-4-14/h1-10H,11-13H2,(H,25,29). The van der Waals surface area contributed by atoms with E-state index in [1.807, 2.05) is 24.3 Å². The van der Waals surface area contributed by atoms with Crippen LogP contribution in [0.1, 0.15) is 11.1 Å². The highest BCUT2D eigenvalue weighted by atomic mass is 35.5. The molecule has 4 rings (SSSR count). The first-order valence-electron chi connectivity index (χ1n) is 9.32. The van der Waals surface area contributed by atoms with Crippen molar-refractivity contribution in [1.29, 1.82) is 0 Å². The van der Waals surface area contributed by atoms with Gasteiger partial charge in [-0.3, -0.25) is 4.79 Å². The Hall–Kier alpha value is -3.17.